The molecule has 0 spiro atoms. The van der Waals surface area contributed by atoms with Crippen molar-refractivity contribution in [3.8, 4) is 11.5 Å². The Morgan fingerprint density at radius 1 is 1.24 bits per heavy atom. The first-order chi connectivity index (χ1) is 13.6. The summed E-state index contributed by atoms with van der Waals surface area (Å²) in [5, 5.41) is 4.77. The van der Waals surface area contributed by atoms with E-state index in [1.54, 1.807) is 36.1 Å². The van der Waals surface area contributed by atoms with Gasteiger partial charge in [-0.1, -0.05) is 19.6 Å². The molecule has 0 N–H and O–H groups in total. The number of aromatic nitrogens is 4. The Hall–Kier alpha value is -2.58. The highest BCUT2D eigenvalue weighted by molar-refractivity contribution is 6.76. The number of aryl methyl sites for hydroxylation is 1. The van der Waals surface area contributed by atoms with E-state index in [1.165, 1.54) is 11.5 Å². The molecule has 0 saturated carbocycles. The molecule has 7 nitrogen and oxygen atoms in total. The first kappa shape index (κ1) is 21.1. The van der Waals surface area contributed by atoms with Crippen LogP contribution in [-0.4, -0.2) is 39.8 Å². The average molecular weight is 413 g/mol. The van der Waals surface area contributed by atoms with Gasteiger partial charge in [-0.2, -0.15) is 5.10 Å². The first-order valence-electron chi connectivity index (χ1n) is 9.71. The van der Waals surface area contributed by atoms with Crippen LogP contribution in [0.1, 0.15) is 22.8 Å². The number of fused-ring (bicyclic) bond motifs is 1. The predicted octanol–water partition coefficient (Wildman–Crippen LogP) is 3.62. The number of rotatable bonds is 7. The maximum absolute atomic E-state index is 13.0. The molecule has 3 aromatic rings. The Morgan fingerprint density at radius 3 is 2.62 bits per heavy atom. The van der Waals surface area contributed by atoms with Gasteiger partial charge in [-0.05, 0) is 43.7 Å². The Labute approximate surface area is 171 Å². The van der Waals surface area contributed by atoms with Crippen LogP contribution in [0.2, 0.25) is 25.7 Å². The normalized spacial score (nSPS) is 11.9. The largest absolute Gasteiger partial charge is 0.360 e. The number of Topliss-reactive ketones (excluding diaryl/α,β-unsaturated/α-hetero) is 1. The summed E-state index contributed by atoms with van der Waals surface area (Å²) >= 11 is 0. The number of ether oxygens (including phenoxy) is 1. The van der Waals surface area contributed by atoms with Crippen LogP contribution in [-0.2, 0) is 18.5 Å². The van der Waals surface area contributed by atoms with Gasteiger partial charge >= 0.3 is 0 Å². The topological polar surface area (TPSA) is 79.0 Å². The van der Waals surface area contributed by atoms with Gasteiger partial charge in [0.1, 0.15) is 12.4 Å². The van der Waals surface area contributed by atoms with Gasteiger partial charge in [0, 0.05) is 33.5 Å². The number of ketones is 1. The van der Waals surface area contributed by atoms with Crippen LogP contribution >= 0.6 is 0 Å². The smallest absolute Gasteiger partial charge is 0.261 e. The van der Waals surface area contributed by atoms with Crippen molar-refractivity contribution in [2.75, 3.05) is 6.61 Å². The van der Waals surface area contributed by atoms with E-state index in [1.807, 2.05) is 6.92 Å². The third-order valence-corrected chi connectivity index (χ3v) is 6.56. The monoisotopic (exact) mass is 412 g/mol. The molecule has 8 heteroatoms. The molecule has 0 aliphatic carbocycles. The van der Waals surface area contributed by atoms with Crippen molar-refractivity contribution in [2.24, 2.45) is 7.05 Å². The molecule has 3 rings (SSSR count). The quantitative estimate of drug-likeness (QED) is 0.336. The fourth-order valence-corrected chi connectivity index (χ4v) is 3.93. The lowest BCUT2D eigenvalue weighted by Gasteiger charge is -2.16. The van der Waals surface area contributed by atoms with Crippen LogP contribution in [0.3, 0.4) is 0 Å². The molecule has 0 aliphatic heterocycles. The van der Waals surface area contributed by atoms with E-state index in [0.29, 0.717) is 34.6 Å². The van der Waals surface area contributed by atoms with E-state index in [0.717, 1.165) is 11.6 Å². The second-order valence-corrected chi connectivity index (χ2v) is 14.2. The lowest BCUT2D eigenvalue weighted by atomic mass is 10.0. The molecule has 0 radical (unpaired) electrons. The van der Waals surface area contributed by atoms with Crippen LogP contribution in [0, 0.1) is 6.92 Å². The van der Waals surface area contributed by atoms with Gasteiger partial charge in [0.05, 0.1) is 10.9 Å². The fourth-order valence-electron chi connectivity index (χ4n) is 3.17. The van der Waals surface area contributed by atoms with Crippen molar-refractivity contribution >= 4 is 24.8 Å². The van der Waals surface area contributed by atoms with Crippen molar-refractivity contribution in [2.45, 2.75) is 46.3 Å². The summed E-state index contributed by atoms with van der Waals surface area (Å²) in [4.78, 5) is 29.9. The zero-order valence-corrected chi connectivity index (χ0v) is 18.9. The summed E-state index contributed by atoms with van der Waals surface area (Å²) in [5.74, 6) is 0.341. The third kappa shape index (κ3) is 4.54. The van der Waals surface area contributed by atoms with Crippen molar-refractivity contribution in [3.05, 3.63) is 45.9 Å². The third-order valence-electron chi connectivity index (χ3n) is 4.86. The maximum atomic E-state index is 13.0. The average Bonchev–Trinajstić information content (AvgIpc) is 3.09. The van der Waals surface area contributed by atoms with Gasteiger partial charge in [-0.3, -0.25) is 14.2 Å². The van der Waals surface area contributed by atoms with E-state index in [-0.39, 0.29) is 18.1 Å². The minimum atomic E-state index is -1.17. The fraction of sp³-hybridized carbons (Fsp3) is 0.429. The second kappa shape index (κ2) is 8.04. The van der Waals surface area contributed by atoms with Gasteiger partial charge in [-0.25, -0.2) is 9.67 Å². The van der Waals surface area contributed by atoms with Crippen LogP contribution in [0.4, 0.5) is 0 Å². The van der Waals surface area contributed by atoms with Crippen LogP contribution in [0.25, 0.3) is 22.4 Å². The minimum absolute atomic E-state index is 0.117. The molecule has 0 saturated heterocycles. The highest BCUT2D eigenvalue weighted by Gasteiger charge is 2.18. The van der Waals surface area contributed by atoms with Crippen LogP contribution < -0.4 is 5.56 Å². The first-order valence-corrected chi connectivity index (χ1v) is 13.4. The molecule has 2 aromatic heterocycles. The van der Waals surface area contributed by atoms with Gasteiger partial charge in [-0.15, -0.1) is 0 Å². The number of hydrogen-bond donors (Lipinski definition) is 0. The van der Waals surface area contributed by atoms with Crippen molar-refractivity contribution < 1.29 is 9.53 Å². The van der Waals surface area contributed by atoms with Gasteiger partial charge < -0.3 is 4.74 Å². The number of carbonyl (C=O) groups is 1. The Kier molecular flexibility index (Phi) is 5.86. The van der Waals surface area contributed by atoms with E-state index in [4.69, 9.17) is 9.72 Å². The Morgan fingerprint density at radius 2 is 1.97 bits per heavy atom. The summed E-state index contributed by atoms with van der Waals surface area (Å²) in [6.07, 6.45) is 1.66. The van der Waals surface area contributed by atoms with Crippen LogP contribution in [0.15, 0.2) is 29.2 Å². The SMILES string of the molecule is CC(=O)c1cc(C)cc2c(=O)n(C)c(-c3ccnn3COCC[Si](C)(C)C)nc12. The van der Waals surface area contributed by atoms with Gasteiger partial charge in [0.25, 0.3) is 5.56 Å². The molecular weight excluding hydrogens is 384 g/mol. The summed E-state index contributed by atoms with van der Waals surface area (Å²) in [6, 6.07) is 6.42. The molecule has 0 atom stereocenters. The molecule has 0 fully saturated rings. The molecule has 154 valence electrons. The predicted molar refractivity (Wildman–Crippen MR) is 117 cm³/mol. The lowest BCUT2D eigenvalue weighted by Crippen LogP contribution is -2.23. The summed E-state index contributed by atoms with van der Waals surface area (Å²) in [6.45, 7) is 11.2. The van der Waals surface area contributed by atoms with Crippen LogP contribution in [0.5, 0.6) is 0 Å². The van der Waals surface area contributed by atoms with E-state index in [2.05, 4.69) is 24.7 Å². The van der Waals surface area contributed by atoms with E-state index in [9.17, 15) is 9.59 Å². The number of benzene rings is 1. The standard InChI is InChI=1S/C21H28N4O3Si/c1-14-11-16(15(2)26)19-17(12-14)21(27)24(3)20(23-19)18-7-8-22-25(18)13-28-9-10-29(4,5)6/h7-8,11-12H,9-10,13H2,1-6H3. The summed E-state index contributed by atoms with van der Waals surface area (Å²) in [5.41, 5.74) is 2.22. The molecule has 0 amide bonds. The maximum Gasteiger partial charge on any atom is 0.261 e. The van der Waals surface area contributed by atoms with E-state index < -0.39 is 8.07 Å². The molecular formula is C21H28N4O3Si. The summed E-state index contributed by atoms with van der Waals surface area (Å²) < 4.78 is 9.01. The number of hydrogen-bond acceptors (Lipinski definition) is 5. The minimum Gasteiger partial charge on any atom is -0.360 e. The Bertz CT molecular complexity index is 1130. The lowest BCUT2D eigenvalue weighted by molar-refractivity contribution is 0.0796. The zero-order chi connectivity index (χ0) is 21.3. The zero-order valence-electron chi connectivity index (χ0n) is 17.9. The molecule has 29 heavy (non-hydrogen) atoms. The number of nitrogens with zero attached hydrogens (tertiary/aromatic N) is 4. The molecule has 2 heterocycles. The molecule has 0 bridgehead atoms. The van der Waals surface area contributed by atoms with Crippen molar-refractivity contribution in [1.82, 2.24) is 19.3 Å². The molecule has 1 aromatic carbocycles. The van der Waals surface area contributed by atoms with Crippen molar-refractivity contribution in [3.63, 3.8) is 0 Å². The highest BCUT2D eigenvalue weighted by Crippen LogP contribution is 2.22. The number of carbonyl (C=O) groups excluding carboxylic acids is 1. The van der Waals surface area contributed by atoms with Gasteiger partial charge in [0.15, 0.2) is 11.6 Å². The summed E-state index contributed by atoms with van der Waals surface area (Å²) in [7, 11) is 0.514. The van der Waals surface area contributed by atoms with Crippen molar-refractivity contribution in [1.29, 1.82) is 0 Å². The van der Waals surface area contributed by atoms with E-state index >= 15 is 0 Å². The molecule has 0 aliphatic rings. The highest BCUT2D eigenvalue weighted by atomic mass is 28.3. The Balaban J connectivity index is 2.03. The second-order valence-electron chi connectivity index (χ2n) is 8.63. The molecule has 0 unspecified atom stereocenters. The van der Waals surface area contributed by atoms with Gasteiger partial charge in [0.2, 0.25) is 0 Å².